The summed E-state index contributed by atoms with van der Waals surface area (Å²) in [6.45, 7) is 2.95. The van der Waals surface area contributed by atoms with Gasteiger partial charge >= 0.3 is 0 Å². The number of anilines is 1. The van der Waals surface area contributed by atoms with E-state index in [4.69, 9.17) is 5.73 Å². The molecule has 1 fully saturated rings. The maximum Gasteiger partial charge on any atom is 0.244 e. The van der Waals surface area contributed by atoms with E-state index >= 15 is 0 Å². The first-order valence-electron chi connectivity index (χ1n) is 5.67. The second-order valence-electron chi connectivity index (χ2n) is 4.52. The summed E-state index contributed by atoms with van der Waals surface area (Å²) in [5.41, 5.74) is 4.66. The summed E-state index contributed by atoms with van der Waals surface area (Å²) in [5.74, 6) is 0.0829. The summed E-state index contributed by atoms with van der Waals surface area (Å²) >= 11 is 0. The molecule has 94 valence electrons. The number of hydrogen-bond acceptors (Lipinski definition) is 5. The molecular weight excluding hydrogens is 222 g/mol. The lowest BCUT2D eigenvalue weighted by Gasteiger charge is -2.46. The molecule has 1 aromatic heterocycles. The van der Waals surface area contributed by atoms with Crippen LogP contribution in [0.15, 0.2) is 6.33 Å². The van der Waals surface area contributed by atoms with Crippen molar-refractivity contribution >= 4 is 11.9 Å². The second kappa shape index (κ2) is 4.33. The number of amides is 1. The third kappa shape index (κ3) is 2.55. The van der Waals surface area contributed by atoms with Gasteiger partial charge in [-0.15, -0.1) is 5.10 Å². The monoisotopic (exact) mass is 239 g/mol. The van der Waals surface area contributed by atoms with E-state index in [-0.39, 0.29) is 18.4 Å². The minimum Gasteiger partial charge on any atom is -0.386 e. The molecule has 2 heterocycles. The number of likely N-dealkylation sites (tertiary alicyclic amines) is 1. The van der Waals surface area contributed by atoms with Crippen molar-refractivity contribution in [2.24, 2.45) is 0 Å². The number of hydrogen-bond donors (Lipinski definition) is 2. The van der Waals surface area contributed by atoms with Gasteiger partial charge in [-0.25, -0.2) is 9.67 Å². The number of aromatic nitrogens is 3. The molecule has 0 radical (unpaired) electrons. The lowest BCUT2D eigenvalue weighted by molar-refractivity contribution is -0.157. The van der Waals surface area contributed by atoms with E-state index in [9.17, 15) is 9.90 Å². The van der Waals surface area contributed by atoms with Crippen LogP contribution in [-0.4, -0.2) is 49.4 Å². The lowest BCUT2D eigenvalue weighted by Crippen LogP contribution is -2.63. The van der Waals surface area contributed by atoms with E-state index in [0.29, 0.717) is 13.1 Å². The largest absolute Gasteiger partial charge is 0.386 e. The number of carbonyl (C=O) groups is 1. The zero-order chi connectivity index (χ0) is 12.5. The Morgan fingerprint density at radius 2 is 2.35 bits per heavy atom. The van der Waals surface area contributed by atoms with Crippen LogP contribution in [0.5, 0.6) is 0 Å². The smallest absolute Gasteiger partial charge is 0.244 e. The lowest BCUT2D eigenvalue weighted by atomic mass is 9.89. The first kappa shape index (κ1) is 11.8. The molecule has 0 atom stereocenters. The van der Waals surface area contributed by atoms with Crippen LogP contribution >= 0.6 is 0 Å². The Bertz CT molecular complexity index is 411. The van der Waals surface area contributed by atoms with Crippen molar-refractivity contribution in [3.05, 3.63) is 6.33 Å². The maximum absolute atomic E-state index is 11.8. The predicted octanol–water partition coefficient (Wildman–Crippen LogP) is -0.766. The summed E-state index contributed by atoms with van der Waals surface area (Å²) in [7, 11) is 0. The topological polar surface area (TPSA) is 97.3 Å². The van der Waals surface area contributed by atoms with Crippen LogP contribution in [0.4, 0.5) is 5.95 Å². The molecule has 1 amide bonds. The molecule has 0 spiro atoms. The van der Waals surface area contributed by atoms with Crippen LogP contribution in [0.2, 0.25) is 0 Å². The van der Waals surface area contributed by atoms with Crippen LogP contribution < -0.4 is 5.73 Å². The van der Waals surface area contributed by atoms with Crippen molar-refractivity contribution in [1.82, 2.24) is 19.7 Å². The molecule has 0 unspecified atom stereocenters. The van der Waals surface area contributed by atoms with Crippen molar-refractivity contribution in [1.29, 1.82) is 0 Å². The Balaban J connectivity index is 1.83. The minimum absolute atomic E-state index is 0.0734. The summed E-state index contributed by atoms with van der Waals surface area (Å²) in [6.07, 6.45) is 3.07. The molecule has 2 rings (SSSR count). The molecular formula is C10H17N5O2. The highest BCUT2D eigenvalue weighted by molar-refractivity contribution is 5.77. The number of nitrogens with two attached hydrogens (primary N) is 1. The van der Waals surface area contributed by atoms with Gasteiger partial charge < -0.3 is 15.7 Å². The number of aliphatic hydroxyl groups is 1. The molecule has 1 saturated heterocycles. The van der Waals surface area contributed by atoms with Crippen molar-refractivity contribution in [2.75, 3.05) is 18.8 Å². The molecule has 1 aliphatic rings. The van der Waals surface area contributed by atoms with E-state index in [1.807, 2.05) is 6.92 Å². The highest BCUT2D eigenvalue weighted by Crippen LogP contribution is 2.25. The number of rotatable bonds is 4. The van der Waals surface area contributed by atoms with E-state index in [1.165, 1.54) is 11.0 Å². The molecule has 17 heavy (non-hydrogen) atoms. The normalized spacial score (nSPS) is 17.9. The molecule has 1 aromatic rings. The number of β-amino-alcohol motifs (C(OH)–C–C–N with tert-alkyl or cyclic N) is 1. The molecule has 7 heteroatoms. The maximum atomic E-state index is 11.8. The van der Waals surface area contributed by atoms with Gasteiger partial charge in [-0.1, -0.05) is 13.3 Å². The summed E-state index contributed by atoms with van der Waals surface area (Å²) < 4.78 is 1.40. The van der Waals surface area contributed by atoms with Gasteiger partial charge in [0, 0.05) is 0 Å². The van der Waals surface area contributed by atoms with Crippen molar-refractivity contribution in [3.8, 4) is 0 Å². The Hall–Kier alpha value is -1.63. The second-order valence-corrected chi connectivity index (χ2v) is 4.52. The van der Waals surface area contributed by atoms with Crippen LogP contribution in [0, 0.1) is 0 Å². The number of carbonyl (C=O) groups excluding carboxylic acids is 1. The van der Waals surface area contributed by atoms with Gasteiger partial charge in [-0.2, -0.15) is 0 Å². The fourth-order valence-electron chi connectivity index (χ4n) is 2.09. The van der Waals surface area contributed by atoms with Gasteiger partial charge in [-0.05, 0) is 6.42 Å². The first-order valence-corrected chi connectivity index (χ1v) is 5.67. The van der Waals surface area contributed by atoms with Gasteiger partial charge in [-0.3, -0.25) is 4.79 Å². The number of nitrogen functional groups attached to an aromatic ring is 1. The third-order valence-corrected chi connectivity index (χ3v) is 2.89. The Kier molecular flexibility index (Phi) is 3.01. The Morgan fingerprint density at radius 3 is 2.88 bits per heavy atom. The van der Waals surface area contributed by atoms with Gasteiger partial charge in [0.2, 0.25) is 11.9 Å². The van der Waals surface area contributed by atoms with Gasteiger partial charge in [0.25, 0.3) is 0 Å². The van der Waals surface area contributed by atoms with E-state index < -0.39 is 5.60 Å². The zero-order valence-corrected chi connectivity index (χ0v) is 9.83. The van der Waals surface area contributed by atoms with Gasteiger partial charge in [0.1, 0.15) is 12.9 Å². The molecule has 0 aliphatic carbocycles. The summed E-state index contributed by atoms with van der Waals surface area (Å²) in [4.78, 5) is 17.1. The molecule has 7 nitrogen and oxygen atoms in total. The fraction of sp³-hybridized carbons (Fsp3) is 0.700. The first-order chi connectivity index (χ1) is 8.02. The zero-order valence-electron chi connectivity index (χ0n) is 9.83. The summed E-state index contributed by atoms with van der Waals surface area (Å²) in [6, 6.07) is 0. The van der Waals surface area contributed by atoms with Crippen molar-refractivity contribution in [2.45, 2.75) is 31.9 Å². The standard InChI is InChI=1S/C10H17N5O2/c1-2-3-10(17)5-14(6-10)8(16)4-15-7-12-9(11)13-15/h7,17H,2-6H2,1H3,(H2,11,13). The van der Waals surface area contributed by atoms with Crippen molar-refractivity contribution in [3.63, 3.8) is 0 Å². The van der Waals surface area contributed by atoms with Crippen LogP contribution in [-0.2, 0) is 11.3 Å². The van der Waals surface area contributed by atoms with E-state index in [1.54, 1.807) is 4.90 Å². The van der Waals surface area contributed by atoms with Crippen LogP contribution in [0.25, 0.3) is 0 Å². The molecule has 0 aromatic carbocycles. The fourth-order valence-corrected chi connectivity index (χ4v) is 2.09. The average Bonchev–Trinajstić information content (AvgIpc) is 2.60. The third-order valence-electron chi connectivity index (χ3n) is 2.89. The van der Waals surface area contributed by atoms with Crippen molar-refractivity contribution < 1.29 is 9.90 Å². The van der Waals surface area contributed by atoms with Crippen LogP contribution in [0.3, 0.4) is 0 Å². The molecule has 3 N–H and O–H groups in total. The minimum atomic E-state index is -0.689. The van der Waals surface area contributed by atoms with E-state index in [2.05, 4.69) is 10.1 Å². The highest BCUT2D eigenvalue weighted by Gasteiger charge is 2.42. The quantitative estimate of drug-likeness (QED) is 0.719. The van der Waals surface area contributed by atoms with E-state index in [0.717, 1.165) is 12.8 Å². The predicted molar refractivity (Wildman–Crippen MR) is 60.9 cm³/mol. The molecule has 0 bridgehead atoms. The van der Waals surface area contributed by atoms with Crippen LogP contribution in [0.1, 0.15) is 19.8 Å². The summed E-state index contributed by atoms with van der Waals surface area (Å²) in [5, 5.41) is 13.8. The molecule has 1 aliphatic heterocycles. The highest BCUT2D eigenvalue weighted by atomic mass is 16.3. The average molecular weight is 239 g/mol. The van der Waals surface area contributed by atoms with Gasteiger partial charge in [0.05, 0.1) is 18.7 Å². The molecule has 0 saturated carbocycles. The Labute approximate surface area is 99.2 Å². The Morgan fingerprint density at radius 1 is 1.65 bits per heavy atom. The SMILES string of the molecule is CCCC1(O)CN(C(=O)Cn2cnc(N)n2)C1. The number of nitrogens with zero attached hydrogens (tertiary/aromatic N) is 4. The van der Waals surface area contributed by atoms with Gasteiger partial charge in [0.15, 0.2) is 0 Å².